The van der Waals surface area contributed by atoms with Gasteiger partial charge >= 0.3 is 0 Å². The van der Waals surface area contributed by atoms with E-state index in [1.54, 1.807) is 14.2 Å². The topological polar surface area (TPSA) is 38.7 Å². The smallest absolute Gasteiger partial charge is 0.119 e. The van der Waals surface area contributed by atoms with Crippen LogP contribution in [0, 0.1) is 0 Å². The van der Waals surface area contributed by atoms with Gasteiger partial charge in [-0.2, -0.15) is 0 Å². The Bertz CT molecular complexity index is 530. The second kappa shape index (κ2) is 5.97. The molecule has 0 radical (unpaired) electrons. The molecule has 0 saturated carbocycles. The maximum Gasteiger partial charge on any atom is 0.119 e. The molecule has 3 heteroatoms. The third kappa shape index (κ3) is 2.63. The van der Waals surface area contributed by atoms with E-state index >= 15 is 0 Å². The van der Waals surface area contributed by atoms with Gasteiger partial charge in [0.05, 0.1) is 20.8 Å². The van der Waals surface area contributed by atoms with Gasteiger partial charge in [0.2, 0.25) is 0 Å². The fourth-order valence-corrected chi connectivity index (χ4v) is 2.28. The highest BCUT2D eigenvalue weighted by Gasteiger charge is 2.29. The van der Waals surface area contributed by atoms with Gasteiger partial charge < -0.3 is 14.6 Å². The Hall–Kier alpha value is -2.00. The predicted molar refractivity (Wildman–Crippen MR) is 79.5 cm³/mol. The van der Waals surface area contributed by atoms with E-state index in [-0.39, 0.29) is 6.61 Å². The maximum absolute atomic E-state index is 9.94. The Morgan fingerprint density at radius 2 is 1.35 bits per heavy atom. The molecule has 0 aliphatic heterocycles. The summed E-state index contributed by atoms with van der Waals surface area (Å²) in [7, 11) is 3.28. The van der Waals surface area contributed by atoms with Crippen molar-refractivity contribution in [1.82, 2.24) is 0 Å². The zero-order valence-electron chi connectivity index (χ0n) is 12.1. The van der Waals surface area contributed by atoms with Gasteiger partial charge in [0.25, 0.3) is 0 Å². The monoisotopic (exact) mass is 272 g/mol. The van der Waals surface area contributed by atoms with Crippen molar-refractivity contribution in [2.24, 2.45) is 0 Å². The summed E-state index contributed by atoms with van der Waals surface area (Å²) in [6, 6.07) is 15.6. The van der Waals surface area contributed by atoms with Crippen LogP contribution in [-0.2, 0) is 5.41 Å². The average molecular weight is 272 g/mol. The Labute approximate surface area is 119 Å². The molecule has 20 heavy (non-hydrogen) atoms. The lowest BCUT2D eigenvalue weighted by Crippen LogP contribution is -2.28. The predicted octanol–water partition coefficient (Wildman–Crippen LogP) is 3.00. The zero-order chi connectivity index (χ0) is 14.6. The van der Waals surface area contributed by atoms with E-state index in [9.17, 15) is 5.11 Å². The molecule has 0 aromatic heterocycles. The van der Waals surface area contributed by atoms with Gasteiger partial charge in [-0.1, -0.05) is 24.3 Å². The summed E-state index contributed by atoms with van der Waals surface area (Å²) in [4.78, 5) is 0. The van der Waals surface area contributed by atoms with Gasteiger partial charge in [-0.05, 0) is 42.3 Å². The molecule has 2 aromatic rings. The van der Waals surface area contributed by atoms with Crippen molar-refractivity contribution >= 4 is 0 Å². The molecule has 0 aliphatic rings. The lowest BCUT2D eigenvalue weighted by Gasteiger charge is -2.29. The molecular weight excluding hydrogens is 252 g/mol. The Balaban J connectivity index is 2.51. The second-order valence-electron chi connectivity index (χ2n) is 4.95. The molecule has 0 spiro atoms. The summed E-state index contributed by atoms with van der Waals surface area (Å²) in [5.41, 5.74) is 1.52. The number of hydrogen-bond donors (Lipinski definition) is 1. The van der Waals surface area contributed by atoms with E-state index < -0.39 is 5.41 Å². The largest absolute Gasteiger partial charge is 0.497 e. The quantitative estimate of drug-likeness (QED) is 0.909. The van der Waals surface area contributed by atoms with Crippen LogP contribution in [0.4, 0.5) is 0 Å². The number of rotatable bonds is 5. The van der Waals surface area contributed by atoms with Crippen molar-refractivity contribution in [1.29, 1.82) is 0 Å². The molecule has 0 aliphatic carbocycles. The van der Waals surface area contributed by atoms with E-state index in [1.165, 1.54) is 0 Å². The van der Waals surface area contributed by atoms with Crippen molar-refractivity contribution < 1.29 is 14.6 Å². The van der Waals surface area contributed by atoms with Crippen molar-refractivity contribution in [2.45, 2.75) is 12.3 Å². The SMILES string of the molecule is COc1cccc(C(C)(CO)c2cccc(OC)c2)c1. The van der Waals surface area contributed by atoms with Crippen LogP contribution in [0.2, 0.25) is 0 Å². The molecule has 1 N–H and O–H groups in total. The summed E-state index contributed by atoms with van der Waals surface area (Å²) >= 11 is 0. The molecule has 0 heterocycles. The zero-order valence-corrected chi connectivity index (χ0v) is 12.1. The lowest BCUT2D eigenvalue weighted by molar-refractivity contribution is 0.230. The van der Waals surface area contributed by atoms with E-state index in [4.69, 9.17) is 9.47 Å². The number of benzene rings is 2. The van der Waals surface area contributed by atoms with Crippen LogP contribution in [0.5, 0.6) is 11.5 Å². The Morgan fingerprint density at radius 3 is 1.70 bits per heavy atom. The fourth-order valence-electron chi connectivity index (χ4n) is 2.28. The van der Waals surface area contributed by atoms with Crippen molar-refractivity contribution in [3.8, 4) is 11.5 Å². The number of hydrogen-bond acceptors (Lipinski definition) is 3. The summed E-state index contributed by atoms with van der Waals surface area (Å²) in [6.45, 7) is 2.02. The minimum absolute atomic E-state index is 0.00728. The highest BCUT2D eigenvalue weighted by Crippen LogP contribution is 2.34. The third-order valence-electron chi connectivity index (χ3n) is 3.73. The number of ether oxygens (including phenoxy) is 2. The maximum atomic E-state index is 9.94. The first-order valence-electron chi connectivity index (χ1n) is 6.54. The average Bonchev–Trinajstić information content (AvgIpc) is 2.54. The molecule has 0 unspecified atom stereocenters. The first kappa shape index (κ1) is 14.4. The van der Waals surface area contributed by atoms with Gasteiger partial charge in [0.15, 0.2) is 0 Å². The number of aliphatic hydroxyl groups is 1. The van der Waals surface area contributed by atoms with Gasteiger partial charge in [0, 0.05) is 5.41 Å². The van der Waals surface area contributed by atoms with Crippen LogP contribution < -0.4 is 9.47 Å². The Morgan fingerprint density at radius 1 is 0.900 bits per heavy atom. The molecule has 3 nitrogen and oxygen atoms in total. The van der Waals surface area contributed by atoms with Crippen LogP contribution in [0.25, 0.3) is 0 Å². The fraction of sp³-hybridized carbons (Fsp3) is 0.294. The third-order valence-corrected chi connectivity index (χ3v) is 3.73. The highest BCUT2D eigenvalue weighted by molar-refractivity contribution is 5.44. The van der Waals surface area contributed by atoms with E-state index in [0.29, 0.717) is 0 Å². The first-order valence-corrected chi connectivity index (χ1v) is 6.54. The molecule has 2 aromatic carbocycles. The van der Waals surface area contributed by atoms with Crippen LogP contribution in [0.1, 0.15) is 18.1 Å². The van der Waals surface area contributed by atoms with Crippen LogP contribution in [0.15, 0.2) is 48.5 Å². The summed E-state index contributed by atoms with van der Waals surface area (Å²) in [6.07, 6.45) is 0. The molecule has 2 rings (SSSR count). The minimum Gasteiger partial charge on any atom is -0.497 e. The first-order chi connectivity index (χ1) is 9.63. The van der Waals surface area contributed by atoms with Gasteiger partial charge in [-0.15, -0.1) is 0 Å². The van der Waals surface area contributed by atoms with Crippen LogP contribution in [-0.4, -0.2) is 25.9 Å². The normalized spacial score (nSPS) is 11.2. The second-order valence-corrected chi connectivity index (χ2v) is 4.95. The van der Waals surface area contributed by atoms with Crippen LogP contribution >= 0.6 is 0 Å². The minimum atomic E-state index is -0.497. The Kier molecular flexibility index (Phi) is 4.30. The molecule has 0 fully saturated rings. The van der Waals surface area contributed by atoms with Crippen LogP contribution in [0.3, 0.4) is 0 Å². The van der Waals surface area contributed by atoms with E-state index in [0.717, 1.165) is 22.6 Å². The summed E-state index contributed by atoms with van der Waals surface area (Å²) in [5, 5.41) is 9.94. The van der Waals surface area contributed by atoms with Gasteiger partial charge in [-0.25, -0.2) is 0 Å². The lowest BCUT2D eigenvalue weighted by atomic mass is 9.77. The van der Waals surface area contributed by atoms with Crippen molar-refractivity contribution in [3.63, 3.8) is 0 Å². The number of methoxy groups -OCH3 is 2. The van der Waals surface area contributed by atoms with E-state index in [1.807, 2.05) is 55.5 Å². The molecular formula is C17H20O3. The summed E-state index contributed by atoms with van der Waals surface area (Å²) < 4.78 is 10.5. The number of aliphatic hydroxyl groups excluding tert-OH is 1. The molecule has 0 amide bonds. The van der Waals surface area contributed by atoms with Crippen molar-refractivity contribution in [3.05, 3.63) is 59.7 Å². The van der Waals surface area contributed by atoms with Crippen molar-refractivity contribution in [2.75, 3.05) is 20.8 Å². The molecule has 0 atom stereocenters. The highest BCUT2D eigenvalue weighted by atomic mass is 16.5. The summed E-state index contributed by atoms with van der Waals surface area (Å²) in [5.74, 6) is 1.56. The van der Waals surface area contributed by atoms with Gasteiger partial charge in [-0.3, -0.25) is 0 Å². The standard InChI is InChI=1S/C17H20O3/c1-17(12-18,13-6-4-8-15(10-13)19-2)14-7-5-9-16(11-14)20-3/h4-11,18H,12H2,1-3H3. The van der Waals surface area contributed by atoms with Gasteiger partial charge in [0.1, 0.15) is 11.5 Å². The molecule has 106 valence electrons. The van der Waals surface area contributed by atoms with E-state index in [2.05, 4.69) is 0 Å². The molecule has 0 bridgehead atoms. The molecule has 0 saturated heterocycles.